The molecule has 0 aromatic rings. The van der Waals surface area contributed by atoms with Crippen LogP contribution in [0.15, 0.2) is 59.8 Å². The SMILES string of the molecule is C=C/C=C1/CC(C)C2=C(CCC=C2)C1=C. The van der Waals surface area contributed by atoms with Gasteiger partial charge in [-0.3, -0.25) is 0 Å². The maximum Gasteiger partial charge on any atom is -0.0147 e. The quantitative estimate of drug-likeness (QED) is 0.588. The van der Waals surface area contributed by atoms with Gasteiger partial charge in [0.15, 0.2) is 0 Å². The molecule has 78 valence electrons. The molecule has 0 aliphatic heterocycles. The summed E-state index contributed by atoms with van der Waals surface area (Å²) in [6, 6.07) is 0. The molecule has 0 heterocycles. The smallest absolute Gasteiger partial charge is 0.0147 e. The van der Waals surface area contributed by atoms with Gasteiger partial charge in [0.2, 0.25) is 0 Å². The van der Waals surface area contributed by atoms with E-state index in [1.54, 1.807) is 0 Å². The highest BCUT2D eigenvalue weighted by Gasteiger charge is 2.24. The van der Waals surface area contributed by atoms with Crippen LogP contribution < -0.4 is 0 Å². The van der Waals surface area contributed by atoms with Crippen molar-refractivity contribution in [2.45, 2.75) is 26.2 Å². The highest BCUT2D eigenvalue weighted by atomic mass is 14.3. The zero-order chi connectivity index (χ0) is 10.8. The van der Waals surface area contributed by atoms with E-state index in [0.717, 1.165) is 19.3 Å². The van der Waals surface area contributed by atoms with Crippen molar-refractivity contribution in [3.8, 4) is 0 Å². The standard InChI is InChI=1S/C15H18/c1-4-7-13-10-11(2)14-8-5-6-9-15(14)12(13)3/h4-5,7-8,11H,1,3,6,9-10H2,2H3/b13-7-. The lowest BCUT2D eigenvalue weighted by Gasteiger charge is -2.30. The normalized spacial score (nSPS) is 28.2. The summed E-state index contributed by atoms with van der Waals surface area (Å²) in [4.78, 5) is 0. The van der Waals surface area contributed by atoms with E-state index < -0.39 is 0 Å². The fourth-order valence-corrected chi connectivity index (χ4v) is 2.54. The average molecular weight is 198 g/mol. The fraction of sp³-hybridized carbons (Fsp3) is 0.333. The van der Waals surface area contributed by atoms with Gasteiger partial charge in [0.05, 0.1) is 0 Å². The van der Waals surface area contributed by atoms with Crippen LogP contribution in [-0.4, -0.2) is 0 Å². The Morgan fingerprint density at radius 2 is 2.27 bits per heavy atom. The van der Waals surface area contributed by atoms with E-state index in [1.807, 2.05) is 6.08 Å². The average Bonchev–Trinajstić information content (AvgIpc) is 2.26. The third kappa shape index (κ3) is 1.77. The molecule has 2 aliphatic carbocycles. The van der Waals surface area contributed by atoms with Crippen LogP contribution in [0.3, 0.4) is 0 Å². The second-order valence-corrected chi connectivity index (χ2v) is 4.39. The van der Waals surface area contributed by atoms with Crippen molar-refractivity contribution in [1.29, 1.82) is 0 Å². The summed E-state index contributed by atoms with van der Waals surface area (Å²) in [5.74, 6) is 0.633. The van der Waals surface area contributed by atoms with Crippen molar-refractivity contribution in [1.82, 2.24) is 0 Å². The van der Waals surface area contributed by atoms with Crippen LogP contribution in [0.5, 0.6) is 0 Å². The molecule has 0 saturated carbocycles. The molecule has 0 heteroatoms. The summed E-state index contributed by atoms with van der Waals surface area (Å²) in [5, 5.41) is 0. The van der Waals surface area contributed by atoms with Crippen LogP contribution in [0.25, 0.3) is 0 Å². The highest BCUT2D eigenvalue weighted by molar-refractivity contribution is 5.55. The van der Waals surface area contributed by atoms with E-state index >= 15 is 0 Å². The van der Waals surface area contributed by atoms with Gasteiger partial charge in [-0.05, 0) is 47.5 Å². The monoisotopic (exact) mass is 198 g/mol. The van der Waals surface area contributed by atoms with Crippen molar-refractivity contribution in [2.75, 3.05) is 0 Å². The third-order valence-corrected chi connectivity index (χ3v) is 3.33. The van der Waals surface area contributed by atoms with Crippen LogP contribution in [0.2, 0.25) is 0 Å². The summed E-state index contributed by atoms with van der Waals surface area (Å²) in [6.45, 7) is 10.3. The first-order valence-corrected chi connectivity index (χ1v) is 5.65. The Kier molecular flexibility index (Phi) is 2.77. The van der Waals surface area contributed by atoms with Gasteiger partial charge in [-0.15, -0.1) is 0 Å². The number of rotatable bonds is 1. The number of hydrogen-bond donors (Lipinski definition) is 0. The van der Waals surface area contributed by atoms with Gasteiger partial charge in [-0.1, -0.05) is 44.4 Å². The molecule has 0 saturated heterocycles. The second kappa shape index (κ2) is 4.06. The maximum absolute atomic E-state index is 4.23. The lowest BCUT2D eigenvalue weighted by Crippen LogP contribution is -2.14. The van der Waals surface area contributed by atoms with Crippen molar-refractivity contribution in [3.05, 3.63) is 59.8 Å². The van der Waals surface area contributed by atoms with Gasteiger partial charge in [-0.2, -0.15) is 0 Å². The van der Waals surface area contributed by atoms with E-state index in [9.17, 15) is 0 Å². The van der Waals surface area contributed by atoms with E-state index in [-0.39, 0.29) is 0 Å². The molecule has 0 N–H and O–H groups in total. The second-order valence-electron chi connectivity index (χ2n) is 4.39. The van der Waals surface area contributed by atoms with Gasteiger partial charge >= 0.3 is 0 Å². The molecule has 0 spiro atoms. The molecule has 0 fully saturated rings. The van der Waals surface area contributed by atoms with E-state index in [4.69, 9.17) is 0 Å². The van der Waals surface area contributed by atoms with Crippen molar-refractivity contribution in [2.24, 2.45) is 5.92 Å². The molecule has 15 heavy (non-hydrogen) atoms. The molecular weight excluding hydrogens is 180 g/mol. The van der Waals surface area contributed by atoms with E-state index in [0.29, 0.717) is 5.92 Å². The Hall–Kier alpha value is -1.30. The zero-order valence-corrected chi connectivity index (χ0v) is 9.42. The minimum absolute atomic E-state index is 0.633. The van der Waals surface area contributed by atoms with Gasteiger partial charge in [0.25, 0.3) is 0 Å². The molecular formula is C15H18. The lowest BCUT2D eigenvalue weighted by molar-refractivity contribution is 0.652. The molecule has 1 atom stereocenters. The predicted octanol–water partition coefficient (Wildman–Crippen LogP) is 4.34. The van der Waals surface area contributed by atoms with Crippen molar-refractivity contribution < 1.29 is 0 Å². The Labute approximate surface area is 92.4 Å². The van der Waals surface area contributed by atoms with Crippen LogP contribution in [0, 0.1) is 5.92 Å². The molecule has 0 amide bonds. The summed E-state index contributed by atoms with van der Waals surface area (Å²) >= 11 is 0. The molecule has 1 unspecified atom stereocenters. The minimum atomic E-state index is 0.633. The predicted molar refractivity (Wildman–Crippen MR) is 66.6 cm³/mol. The summed E-state index contributed by atoms with van der Waals surface area (Å²) in [5.41, 5.74) is 5.59. The topological polar surface area (TPSA) is 0 Å². The summed E-state index contributed by atoms with van der Waals surface area (Å²) in [7, 11) is 0. The van der Waals surface area contributed by atoms with Gasteiger partial charge in [0, 0.05) is 0 Å². The van der Waals surface area contributed by atoms with E-state index in [2.05, 4.69) is 38.3 Å². The Morgan fingerprint density at radius 3 is 3.00 bits per heavy atom. The maximum atomic E-state index is 4.23. The lowest BCUT2D eigenvalue weighted by atomic mass is 9.75. The van der Waals surface area contributed by atoms with Gasteiger partial charge < -0.3 is 0 Å². The molecule has 0 aromatic heterocycles. The molecule has 0 bridgehead atoms. The van der Waals surface area contributed by atoms with Gasteiger partial charge in [-0.25, -0.2) is 0 Å². The van der Waals surface area contributed by atoms with Crippen LogP contribution >= 0.6 is 0 Å². The number of allylic oxidation sites excluding steroid dienone is 8. The van der Waals surface area contributed by atoms with E-state index in [1.165, 1.54) is 22.3 Å². The summed E-state index contributed by atoms with van der Waals surface area (Å²) in [6.07, 6.45) is 12.0. The molecule has 2 rings (SSSR count). The van der Waals surface area contributed by atoms with Crippen molar-refractivity contribution >= 4 is 0 Å². The first-order chi connectivity index (χ1) is 7.24. The van der Waals surface area contributed by atoms with Crippen LogP contribution in [-0.2, 0) is 0 Å². The number of hydrogen-bond acceptors (Lipinski definition) is 0. The van der Waals surface area contributed by atoms with Gasteiger partial charge in [0.1, 0.15) is 0 Å². The Balaban J connectivity index is 2.43. The largest absolute Gasteiger partial charge is 0.0991 e. The highest BCUT2D eigenvalue weighted by Crippen LogP contribution is 2.41. The first kappa shape index (κ1) is 10.2. The zero-order valence-electron chi connectivity index (χ0n) is 9.42. The first-order valence-electron chi connectivity index (χ1n) is 5.65. The van der Waals surface area contributed by atoms with Crippen LogP contribution in [0.4, 0.5) is 0 Å². The summed E-state index contributed by atoms with van der Waals surface area (Å²) < 4.78 is 0. The molecule has 2 aliphatic rings. The molecule has 0 aromatic carbocycles. The third-order valence-electron chi connectivity index (χ3n) is 3.33. The minimum Gasteiger partial charge on any atom is -0.0991 e. The Morgan fingerprint density at radius 1 is 1.47 bits per heavy atom. The molecule has 0 radical (unpaired) electrons. The van der Waals surface area contributed by atoms with Crippen LogP contribution in [0.1, 0.15) is 26.2 Å². The Bertz CT molecular complexity index is 388. The molecule has 0 nitrogen and oxygen atoms in total. The fourth-order valence-electron chi connectivity index (χ4n) is 2.54. The van der Waals surface area contributed by atoms with Crippen molar-refractivity contribution in [3.63, 3.8) is 0 Å².